The third-order valence-electron chi connectivity index (χ3n) is 2.45. The zero-order chi connectivity index (χ0) is 13.1. The summed E-state index contributed by atoms with van der Waals surface area (Å²) in [6.07, 6.45) is 0. The zero-order valence-corrected chi connectivity index (χ0v) is 10.9. The summed E-state index contributed by atoms with van der Waals surface area (Å²) in [5.41, 5.74) is 1.41. The fraction of sp³-hybridized carbons (Fsp3) is 0.0769. The Bertz CT molecular complexity index is 575. The van der Waals surface area contributed by atoms with E-state index in [-0.39, 0.29) is 17.3 Å². The van der Waals surface area contributed by atoms with Crippen molar-refractivity contribution >= 4 is 21.6 Å². The summed E-state index contributed by atoms with van der Waals surface area (Å²) in [5.74, 6) is -0.660. The topological polar surface area (TPSA) is 52.5 Å². The fourth-order valence-corrected chi connectivity index (χ4v) is 1.90. The van der Waals surface area contributed by atoms with E-state index in [1.54, 1.807) is 12.1 Å². The first-order valence-corrected chi connectivity index (χ1v) is 6.05. The molecule has 2 aromatic carbocycles. The van der Waals surface area contributed by atoms with Gasteiger partial charge in [0.1, 0.15) is 5.82 Å². The molecule has 0 unspecified atom stereocenters. The van der Waals surface area contributed by atoms with Crippen molar-refractivity contribution in [1.29, 1.82) is 0 Å². The molecule has 0 spiro atoms. The van der Waals surface area contributed by atoms with Crippen LogP contribution < -0.4 is 5.32 Å². The maximum absolute atomic E-state index is 13.1. The maximum Gasteiger partial charge on any atom is 0.157 e. The molecule has 0 aliphatic rings. The summed E-state index contributed by atoms with van der Waals surface area (Å²) in [6.45, 7) is 0.413. The lowest BCUT2D eigenvalue weighted by molar-refractivity contribution is 0.403. The summed E-state index contributed by atoms with van der Waals surface area (Å²) in [5, 5.41) is 21.6. The largest absolute Gasteiger partial charge is 0.504 e. The highest BCUT2D eigenvalue weighted by Crippen LogP contribution is 2.27. The minimum absolute atomic E-state index is 0.161. The lowest BCUT2D eigenvalue weighted by Gasteiger charge is -2.09. The average Bonchev–Trinajstić information content (AvgIpc) is 2.34. The number of phenols is 2. The second-order valence-corrected chi connectivity index (χ2v) is 4.66. The van der Waals surface area contributed by atoms with Gasteiger partial charge < -0.3 is 15.5 Å². The van der Waals surface area contributed by atoms with E-state index in [2.05, 4.69) is 21.2 Å². The van der Waals surface area contributed by atoms with Crippen molar-refractivity contribution < 1.29 is 14.6 Å². The van der Waals surface area contributed by atoms with E-state index in [0.717, 1.165) is 10.0 Å². The van der Waals surface area contributed by atoms with E-state index in [1.165, 1.54) is 24.3 Å². The first kappa shape index (κ1) is 12.7. The van der Waals surface area contributed by atoms with Crippen LogP contribution in [0.25, 0.3) is 0 Å². The second kappa shape index (κ2) is 5.27. The van der Waals surface area contributed by atoms with Crippen LogP contribution in [0, 0.1) is 5.82 Å². The molecule has 3 N–H and O–H groups in total. The fourth-order valence-electron chi connectivity index (χ4n) is 1.51. The van der Waals surface area contributed by atoms with E-state index in [0.29, 0.717) is 12.2 Å². The van der Waals surface area contributed by atoms with Crippen LogP contribution >= 0.6 is 15.9 Å². The van der Waals surface area contributed by atoms with E-state index in [9.17, 15) is 14.6 Å². The minimum atomic E-state index is -0.325. The number of anilines is 1. The van der Waals surface area contributed by atoms with Crippen LogP contribution in [-0.4, -0.2) is 10.2 Å². The van der Waals surface area contributed by atoms with Crippen LogP contribution in [0.5, 0.6) is 11.5 Å². The van der Waals surface area contributed by atoms with Crippen LogP contribution in [0.1, 0.15) is 5.56 Å². The molecule has 0 fully saturated rings. The third kappa shape index (κ3) is 2.92. The van der Waals surface area contributed by atoms with Crippen LogP contribution in [0.3, 0.4) is 0 Å². The SMILES string of the molecule is Oc1ccc(CNc2cc(F)ccc2Br)cc1O. The molecule has 0 aliphatic heterocycles. The third-order valence-corrected chi connectivity index (χ3v) is 3.14. The summed E-state index contributed by atoms with van der Waals surface area (Å²) >= 11 is 3.31. The normalized spacial score (nSPS) is 10.3. The Hall–Kier alpha value is -1.75. The Morgan fingerprint density at radius 3 is 2.56 bits per heavy atom. The molecule has 0 aliphatic carbocycles. The molecule has 18 heavy (non-hydrogen) atoms. The summed E-state index contributed by atoms with van der Waals surface area (Å²) in [6, 6.07) is 8.90. The van der Waals surface area contributed by atoms with E-state index in [1.807, 2.05) is 0 Å². The van der Waals surface area contributed by atoms with Gasteiger partial charge in [-0.3, -0.25) is 0 Å². The molecule has 0 amide bonds. The molecule has 2 rings (SSSR count). The lowest BCUT2D eigenvalue weighted by Crippen LogP contribution is -2.00. The summed E-state index contributed by atoms with van der Waals surface area (Å²) < 4.78 is 13.8. The number of halogens is 2. The predicted octanol–water partition coefficient (Wildman–Crippen LogP) is 3.61. The molecule has 0 radical (unpaired) electrons. The van der Waals surface area contributed by atoms with E-state index in [4.69, 9.17) is 0 Å². The molecular formula is C13H11BrFNO2. The van der Waals surface area contributed by atoms with Crippen LogP contribution in [-0.2, 0) is 6.54 Å². The van der Waals surface area contributed by atoms with Crippen molar-refractivity contribution in [2.24, 2.45) is 0 Å². The Kier molecular flexibility index (Phi) is 3.72. The molecule has 0 aromatic heterocycles. The van der Waals surface area contributed by atoms with Crippen LogP contribution in [0.4, 0.5) is 10.1 Å². The smallest absolute Gasteiger partial charge is 0.157 e. The Labute approximate surface area is 112 Å². The van der Waals surface area contributed by atoms with Crippen molar-refractivity contribution in [1.82, 2.24) is 0 Å². The van der Waals surface area contributed by atoms with E-state index < -0.39 is 0 Å². The number of hydrogen-bond acceptors (Lipinski definition) is 3. The number of hydrogen-bond donors (Lipinski definition) is 3. The van der Waals surface area contributed by atoms with Gasteiger partial charge in [-0.1, -0.05) is 6.07 Å². The van der Waals surface area contributed by atoms with Crippen molar-refractivity contribution in [3.05, 3.63) is 52.3 Å². The molecule has 94 valence electrons. The number of aromatic hydroxyl groups is 2. The van der Waals surface area contributed by atoms with Crippen LogP contribution in [0.15, 0.2) is 40.9 Å². The number of phenolic OH excluding ortho intramolecular Hbond substituents is 2. The average molecular weight is 312 g/mol. The van der Waals surface area contributed by atoms with Gasteiger partial charge in [-0.2, -0.15) is 0 Å². The van der Waals surface area contributed by atoms with Gasteiger partial charge in [-0.25, -0.2) is 4.39 Å². The molecule has 0 atom stereocenters. The highest BCUT2D eigenvalue weighted by atomic mass is 79.9. The molecule has 2 aromatic rings. The molecule has 0 saturated carbocycles. The van der Waals surface area contributed by atoms with Gasteiger partial charge >= 0.3 is 0 Å². The molecule has 5 heteroatoms. The zero-order valence-electron chi connectivity index (χ0n) is 9.32. The highest BCUT2D eigenvalue weighted by molar-refractivity contribution is 9.10. The molecular weight excluding hydrogens is 301 g/mol. The highest BCUT2D eigenvalue weighted by Gasteiger charge is 2.03. The summed E-state index contributed by atoms with van der Waals surface area (Å²) in [7, 11) is 0. The standard InChI is InChI=1S/C13H11BrFNO2/c14-10-3-2-9(15)6-11(10)16-7-8-1-4-12(17)13(18)5-8/h1-6,16-18H,7H2. The lowest BCUT2D eigenvalue weighted by atomic mass is 10.2. The number of rotatable bonds is 3. The van der Waals surface area contributed by atoms with Crippen molar-refractivity contribution in [3.63, 3.8) is 0 Å². The monoisotopic (exact) mass is 311 g/mol. The van der Waals surface area contributed by atoms with Crippen LogP contribution in [0.2, 0.25) is 0 Å². The Balaban J connectivity index is 2.11. The first-order valence-electron chi connectivity index (χ1n) is 5.26. The first-order chi connectivity index (χ1) is 8.56. The Morgan fingerprint density at radius 1 is 1.06 bits per heavy atom. The minimum Gasteiger partial charge on any atom is -0.504 e. The molecule has 0 bridgehead atoms. The van der Waals surface area contributed by atoms with Gasteiger partial charge in [-0.05, 0) is 51.8 Å². The predicted molar refractivity (Wildman–Crippen MR) is 71.2 cm³/mol. The quantitative estimate of drug-likeness (QED) is 0.759. The van der Waals surface area contributed by atoms with Gasteiger partial charge in [0.2, 0.25) is 0 Å². The second-order valence-electron chi connectivity index (χ2n) is 3.80. The van der Waals surface area contributed by atoms with Crippen molar-refractivity contribution in [3.8, 4) is 11.5 Å². The molecule has 0 saturated heterocycles. The summed E-state index contributed by atoms with van der Waals surface area (Å²) in [4.78, 5) is 0. The number of benzene rings is 2. The van der Waals surface area contributed by atoms with Gasteiger partial charge in [0.15, 0.2) is 11.5 Å². The van der Waals surface area contributed by atoms with E-state index >= 15 is 0 Å². The van der Waals surface area contributed by atoms with Gasteiger partial charge in [-0.15, -0.1) is 0 Å². The molecule has 0 heterocycles. The maximum atomic E-state index is 13.1. The molecule has 3 nitrogen and oxygen atoms in total. The van der Waals surface area contributed by atoms with Crippen molar-refractivity contribution in [2.45, 2.75) is 6.54 Å². The van der Waals surface area contributed by atoms with Gasteiger partial charge in [0, 0.05) is 11.0 Å². The van der Waals surface area contributed by atoms with Gasteiger partial charge in [0.05, 0.1) is 5.69 Å². The number of nitrogens with one attached hydrogen (secondary N) is 1. The van der Waals surface area contributed by atoms with Gasteiger partial charge in [0.25, 0.3) is 0 Å². The van der Waals surface area contributed by atoms with Crippen molar-refractivity contribution in [2.75, 3.05) is 5.32 Å². The Morgan fingerprint density at radius 2 is 1.83 bits per heavy atom.